The molecule has 106 valence electrons. The van der Waals surface area contributed by atoms with E-state index in [1.807, 2.05) is 11.0 Å². The van der Waals surface area contributed by atoms with Crippen molar-refractivity contribution in [3.8, 4) is 0 Å². The van der Waals surface area contributed by atoms with Crippen LogP contribution in [-0.4, -0.2) is 29.9 Å². The van der Waals surface area contributed by atoms with E-state index in [4.69, 9.17) is 0 Å². The summed E-state index contributed by atoms with van der Waals surface area (Å²) >= 11 is 1.72. The Morgan fingerprint density at radius 2 is 2.37 bits per heavy atom. The highest BCUT2D eigenvalue weighted by atomic mass is 32.1. The molecule has 1 atom stereocenters. The molecule has 3 nitrogen and oxygen atoms in total. The van der Waals surface area contributed by atoms with E-state index in [1.165, 1.54) is 4.88 Å². The van der Waals surface area contributed by atoms with E-state index < -0.39 is 0 Å². The second kappa shape index (κ2) is 6.06. The lowest BCUT2D eigenvalue weighted by Gasteiger charge is -2.39. The third-order valence-electron chi connectivity index (χ3n) is 3.90. The third kappa shape index (κ3) is 3.37. The molecule has 1 aromatic heterocycles. The number of nitrogens with zero attached hydrogens (tertiary/aromatic N) is 1. The summed E-state index contributed by atoms with van der Waals surface area (Å²) in [5.41, 5.74) is -0.236. The Balaban J connectivity index is 2.11. The maximum Gasteiger partial charge on any atom is 0.230 e. The summed E-state index contributed by atoms with van der Waals surface area (Å²) in [7, 11) is 0. The largest absolute Gasteiger partial charge is 0.335 e. The molecule has 0 bridgehead atoms. The quantitative estimate of drug-likeness (QED) is 0.920. The molecule has 1 saturated heterocycles. The Labute approximate surface area is 120 Å². The lowest BCUT2D eigenvalue weighted by Crippen LogP contribution is -2.51. The van der Waals surface area contributed by atoms with Gasteiger partial charge in [-0.3, -0.25) is 4.79 Å². The first-order valence-corrected chi connectivity index (χ1v) is 7.95. The van der Waals surface area contributed by atoms with Crippen molar-refractivity contribution >= 4 is 17.2 Å². The zero-order chi connectivity index (χ0) is 13.9. The van der Waals surface area contributed by atoms with Gasteiger partial charge in [-0.15, -0.1) is 11.3 Å². The molecule has 1 unspecified atom stereocenters. The number of carbonyl (C=O) groups excluding carboxylic acids is 1. The Bertz CT molecular complexity index is 408. The number of nitrogens with one attached hydrogen (secondary N) is 1. The summed E-state index contributed by atoms with van der Waals surface area (Å²) in [6.45, 7) is 8.89. The highest BCUT2D eigenvalue weighted by molar-refractivity contribution is 7.09. The molecule has 1 N–H and O–H groups in total. The standard InChI is InChI=1S/C15H24N2OS/c1-12(2)17(10-13-6-4-9-19-13)14(18)15(3)7-5-8-16-11-15/h4,6,9,12,16H,5,7-8,10-11H2,1-3H3. The summed E-state index contributed by atoms with van der Waals surface area (Å²) in [5.74, 6) is 0.295. The van der Waals surface area contributed by atoms with Crippen molar-refractivity contribution in [1.29, 1.82) is 0 Å². The average molecular weight is 280 g/mol. The molecule has 0 spiro atoms. The zero-order valence-electron chi connectivity index (χ0n) is 12.1. The molecule has 19 heavy (non-hydrogen) atoms. The van der Waals surface area contributed by atoms with Gasteiger partial charge in [-0.25, -0.2) is 0 Å². The van der Waals surface area contributed by atoms with Crippen molar-refractivity contribution in [3.63, 3.8) is 0 Å². The number of amides is 1. The topological polar surface area (TPSA) is 32.3 Å². The van der Waals surface area contributed by atoms with Gasteiger partial charge in [0, 0.05) is 17.5 Å². The van der Waals surface area contributed by atoms with Crippen molar-refractivity contribution in [2.45, 2.75) is 46.2 Å². The van der Waals surface area contributed by atoms with Crippen molar-refractivity contribution in [3.05, 3.63) is 22.4 Å². The van der Waals surface area contributed by atoms with Crippen LogP contribution >= 0.6 is 11.3 Å². The van der Waals surface area contributed by atoms with Crippen LogP contribution in [0.3, 0.4) is 0 Å². The first-order chi connectivity index (χ1) is 9.03. The maximum atomic E-state index is 12.9. The summed E-state index contributed by atoms with van der Waals surface area (Å²) < 4.78 is 0. The number of rotatable bonds is 4. The number of hydrogen-bond donors (Lipinski definition) is 1. The molecule has 0 aliphatic carbocycles. The van der Waals surface area contributed by atoms with Gasteiger partial charge in [-0.05, 0) is 51.6 Å². The van der Waals surface area contributed by atoms with Crippen LogP contribution in [0.1, 0.15) is 38.5 Å². The molecule has 1 aliphatic heterocycles. The molecule has 2 heterocycles. The van der Waals surface area contributed by atoms with E-state index in [-0.39, 0.29) is 11.5 Å². The second-order valence-corrected chi connectivity index (χ2v) is 6.98. The van der Waals surface area contributed by atoms with Crippen LogP contribution in [0.4, 0.5) is 0 Å². The molecule has 1 aliphatic rings. The third-order valence-corrected chi connectivity index (χ3v) is 4.77. The van der Waals surface area contributed by atoms with Crippen LogP contribution in [0.2, 0.25) is 0 Å². The van der Waals surface area contributed by atoms with Gasteiger partial charge in [0.2, 0.25) is 5.91 Å². The summed E-state index contributed by atoms with van der Waals surface area (Å²) in [5, 5.41) is 5.44. The van der Waals surface area contributed by atoms with E-state index in [0.717, 1.165) is 32.5 Å². The smallest absolute Gasteiger partial charge is 0.230 e. The fourth-order valence-electron chi connectivity index (χ4n) is 2.64. The molecule has 1 aromatic rings. The molecule has 0 saturated carbocycles. The molecule has 1 amide bonds. The average Bonchev–Trinajstić information content (AvgIpc) is 2.88. The maximum absolute atomic E-state index is 12.9. The Morgan fingerprint density at radius 3 is 2.89 bits per heavy atom. The van der Waals surface area contributed by atoms with Crippen LogP contribution < -0.4 is 5.32 Å². The lowest BCUT2D eigenvalue weighted by atomic mass is 9.81. The Kier molecular flexibility index (Phi) is 4.63. The van der Waals surface area contributed by atoms with Gasteiger partial charge >= 0.3 is 0 Å². The molecule has 1 fully saturated rings. The van der Waals surface area contributed by atoms with Crippen LogP contribution in [0.15, 0.2) is 17.5 Å². The van der Waals surface area contributed by atoms with Gasteiger partial charge < -0.3 is 10.2 Å². The second-order valence-electron chi connectivity index (χ2n) is 5.95. The fourth-order valence-corrected chi connectivity index (χ4v) is 3.35. The van der Waals surface area contributed by atoms with Gasteiger partial charge in [-0.1, -0.05) is 6.07 Å². The minimum atomic E-state index is -0.236. The fraction of sp³-hybridized carbons (Fsp3) is 0.667. The van der Waals surface area contributed by atoms with E-state index in [9.17, 15) is 4.79 Å². The molecule has 0 aromatic carbocycles. The van der Waals surface area contributed by atoms with Gasteiger partial charge in [0.15, 0.2) is 0 Å². The molecule has 0 radical (unpaired) electrons. The zero-order valence-corrected chi connectivity index (χ0v) is 12.9. The van der Waals surface area contributed by atoms with Crippen LogP contribution in [0.5, 0.6) is 0 Å². The predicted octanol–water partition coefficient (Wildman–Crippen LogP) is 2.87. The summed E-state index contributed by atoms with van der Waals surface area (Å²) in [4.78, 5) is 16.2. The molecule has 4 heteroatoms. The first kappa shape index (κ1) is 14.5. The van der Waals surface area contributed by atoms with E-state index in [1.54, 1.807) is 11.3 Å². The number of carbonyl (C=O) groups is 1. The number of thiophene rings is 1. The van der Waals surface area contributed by atoms with E-state index in [2.05, 4.69) is 37.5 Å². The van der Waals surface area contributed by atoms with Crippen molar-refractivity contribution in [1.82, 2.24) is 10.2 Å². The van der Waals surface area contributed by atoms with Gasteiger partial charge in [0.05, 0.1) is 12.0 Å². The highest BCUT2D eigenvalue weighted by Gasteiger charge is 2.38. The van der Waals surface area contributed by atoms with Crippen LogP contribution in [0.25, 0.3) is 0 Å². The van der Waals surface area contributed by atoms with Crippen molar-refractivity contribution in [2.24, 2.45) is 5.41 Å². The number of piperidine rings is 1. The van der Waals surface area contributed by atoms with Gasteiger partial charge in [-0.2, -0.15) is 0 Å². The predicted molar refractivity (Wildman–Crippen MR) is 80.2 cm³/mol. The minimum absolute atomic E-state index is 0.236. The van der Waals surface area contributed by atoms with Gasteiger partial charge in [0.1, 0.15) is 0 Å². The highest BCUT2D eigenvalue weighted by Crippen LogP contribution is 2.30. The molecular weight excluding hydrogens is 256 g/mol. The Hall–Kier alpha value is -0.870. The monoisotopic (exact) mass is 280 g/mol. The Morgan fingerprint density at radius 1 is 1.58 bits per heavy atom. The summed E-state index contributed by atoms with van der Waals surface area (Å²) in [6, 6.07) is 4.40. The van der Waals surface area contributed by atoms with Gasteiger partial charge in [0.25, 0.3) is 0 Å². The minimum Gasteiger partial charge on any atom is -0.335 e. The molecule has 2 rings (SSSR count). The van der Waals surface area contributed by atoms with Crippen molar-refractivity contribution in [2.75, 3.05) is 13.1 Å². The normalized spacial score (nSPS) is 23.6. The van der Waals surface area contributed by atoms with Crippen LogP contribution in [0, 0.1) is 5.41 Å². The SMILES string of the molecule is CC(C)N(Cc1cccs1)C(=O)C1(C)CCCNC1. The number of hydrogen-bond acceptors (Lipinski definition) is 3. The van der Waals surface area contributed by atoms with Crippen molar-refractivity contribution < 1.29 is 4.79 Å². The molecular formula is C15H24N2OS. The van der Waals surface area contributed by atoms with Crippen LogP contribution in [-0.2, 0) is 11.3 Å². The summed E-state index contributed by atoms with van der Waals surface area (Å²) in [6.07, 6.45) is 2.08. The van der Waals surface area contributed by atoms with E-state index >= 15 is 0 Å². The lowest BCUT2D eigenvalue weighted by molar-refractivity contribution is -0.144. The first-order valence-electron chi connectivity index (χ1n) is 7.07. The van der Waals surface area contributed by atoms with E-state index in [0.29, 0.717) is 5.91 Å².